The third-order valence-electron chi connectivity index (χ3n) is 2.48. The van der Waals surface area contributed by atoms with Gasteiger partial charge in [0.2, 0.25) is 0 Å². The third-order valence-corrected chi connectivity index (χ3v) is 3.37. The Bertz CT molecular complexity index is 270. The normalized spacial score (nSPS) is 17.9. The molecule has 1 aromatic heterocycles. The average Bonchev–Trinajstić information content (AvgIpc) is 2.72. The molecular formula is C8H12ClN3S. The molecule has 1 aromatic rings. The van der Waals surface area contributed by atoms with Crippen LogP contribution in [0.15, 0.2) is 0 Å². The van der Waals surface area contributed by atoms with E-state index in [9.17, 15) is 0 Å². The van der Waals surface area contributed by atoms with Gasteiger partial charge in [0.15, 0.2) is 11.0 Å². The smallest absolute Gasteiger partial charge is 0.186 e. The zero-order chi connectivity index (χ0) is 9.10. The molecule has 2 rings (SSSR count). The van der Waals surface area contributed by atoms with Gasteiger partial charge in [0.25, 0.3) is 0 Å². The first-order valence-corrected chi connectivity index (χ1v) is 5.69. The van der Waals surface area contributed by atoms with Crippen LogP contribution in [0.1, 0.15) is 25.7 Å². The van der Waals surface area contributed by atoms with E-state index in [4.69, 9.17) is 11.6 Å². The molecule has 0 amide bonds. The van der Waals surface area contributed by atoms with Crippen molar-refractivity contribution in [2.24, 2.45) is 5.92 Å². The van der Waals surface area contributed by atoms with Crippen LogP contribution >= 0.6 is 23.3 Å². The summed E-state index contributed by atoms with van der Waals surface area (Å²) < 4.78 is 7.96. The molecule has 0 unspecified atom stereocenters. The minimum Gasteiger partial charge on any atom is -0.366 e. The van der Waals surface area contributed by atoms with E-state index in [1.54, 1.807) is 0 Å². The number of anilines is 1. The largest absolute Gasteiger partial charge is 0.366 e. The number of hydrogen-bond donors (Lipinski definition) is 1. The summed E-state index contributed by atoms with van der Waals surface area (Å²) in [7, 11) is 0. The average molecular weight is 218 g/mol. The Kier molecular flexibility index (Phi) is 3.01. The zero-order valence-corrected chi connectivity index (χ0v) is 8.87. The lowest BCUT2D eigenvalue weighted by Crippen LogP contribution is -2.11. The van der Waals surface area contributed by atoms with Crippen LogP contribution in [-0.2, 0) is 0 Å². The van der Waals surface area contributed by atoms with Crippen LogP contribution in [0, 0.1) is 5.92 Å². The zero-order valence-electron chi connectivity index (χ0n) is 7.29. The lowest BCUT2D eigenvalue weighted by Gasteiger charge is -2.08. The maximum atomic E-state index is 5.80. The van der Waals surface area contributed by atoms with E-state index in [1.165, 1.54) is 25.7 Å². The quantitative estimate of drug-likeness (QED) is 0.846. The predicted octanol–water partition coefficient (Wildman–Crippen LogP) is 2.79. The molecule has 0 radical (unpaired) electrons. The third kappa shape index (κ3) is 2.31. The maximum absolute atomic E-state index is 5.80. The van der Waals surface area contributed by atoms with Crippen LogP contribution in [0.25, 0.3) is 0 Å². The van der Waals surface area contributed by atoms with Gasteiger partial charge in [-0.05, 0) is 18.8 Å². The Morgan fingerprint density at radius 2 is 2.15 bits per heavy atom. The Balaban J connectivity index is 1.82. The lowest BCUT2D eigenvalue weighted by molar-refractivity contribution is 0.579. The van der Waals surface area contributed by atoms with Crippen LogP contribution in [0.5, 0.6) is 0 Å². The molecular weight excluding hydrogens is 206 g/mol. The number of halogens is 1. The van der Waals surface area contributed by atoms with Crippen molar-refractivity contribution in [1.29, 1.82) is 0 Å². The van der Waals surface area contributed by atoms with Gasteiger partial charge in [0, 0.05) is 6.54 Å². The monoisotopic (exact) mass is 217 g/mol. The first kappa shape index (κ1) is 9.21. The number of hydrogen-bond acceptors (Lipinski definition) is 4. The van der Waals surface area contributed by atoms with Gasteiger partial charge in [-0.25, -0.2) is 0 Å². The minimum absolute atomic E-state index is 0.503. The van der Waals surface area contributed by atoms with Gasteiger partial charge in [-0.2, -0.15) is 8.75 Å². The summed E-state index contributed by atoms with van der Waals surface area (Å²) >= 11 is 6.95. The number of nitrogens with zero attached hydrogens (tertiary/aromatic N) is 2. The summed E-state index contributed by atoms with van der Waals surface area (Å²) in [5.41, 5.74) is 0. The van der Waals surface area contributed by atoms with Crippen molar-refractivity contribution in [3.8, 4) is 0 Å². The predicted molar refractivity (Wildman–Crippen MR) is 55.4 cm³/mol. The summed E-state index contributed by atoms with van der Waals surface area (Å²) in [6, 6.07) is 0. The Labute approximate surface area is 86.8 Å². The molecule has 0 bridgehead atoms. The molecule has 1 saturated carbocycles. The molecule has 0 saturated heterocycles. The number of nitrogens with one attached hydrogen (secondary N) is 1. The summed E-state index contributed by atoms with van der Waals surface area (Å²) in [6.07, 6.45) is 5.41. The van der Waals surface area contributed by atoms with E-state index < -0.39 is 0 Å². The van der Waals surface area contributed by atoms with Gasteiger partial charge in [0.05, 0.1) is 11.7 Å². The van der Waals surface area contributed by atoms with Gasteiger partial charge in [-0.1, -0.05) is 24.4 Å². The van der Waals surface area contributed by atoms with Gasteiger partial charge in [0.1, 0.15) is 0 Å². The fraction of sp³-hybridized carbons (Fsp3) is 0.750. The molecule has 13 heavy (non-hydrogen) atoms. The van der Waals surface area contributed by atoms with E-state index in [1.807, 2.05) is 0 Å². The van der Waals surface area contributed by atoms with Crippen LogP contribution in [0.3, 0.4) is 0 Å². The number of aromatic nitrogens is 2. The Morgan fingerprint density at radius 1 is 1.38 bits per heavy atom. The Hall–Kier alpha value is -0.350. The van der Waals surface area contributed by atoms with Crippen molar-refractivity contribution in [3.63, 3.8) is 0 Å². The van der Waals surface area contributed by atoms with Crippen LogP contribution in [0.2, 0.25) is 5.15 Å². The number of rotatable bonds is 3. The molecule has 0 atom stereocenters. The van der Waals surface area contributed by atoms with Crippen molar-refractivity contribution < 1.29 is 0 Å². The molecule has 3 nitrogen and oxygen atoms in total. The van der Waals surface area contributed by atoms with Crippen molar-refractivity contribution in [1.82, 2.24) is 8.75 Å². The second-order valence-electron chi connectivity index (χ2n) is 3.44. The molecule has 1 N–H and O–H groups in total. The fourth-order valence-corrected chi connectivity index (χ4v) is 2.42. The molecule has 0 aromatic carbocycles. The highest BCUT2D eigenvalue weighted by molar-refractivity contribution is 6.99. The summed E-state index contributed by atoms with van der Waals surface area (Å²) in [5.74, 6) is 1.55. The molecule has 0 aliphatic heterocycles. The Morgan fingerprint density at radius 3 is 2.77 bits per heavy atom. The van der Waals surface area contributed by atoms with Crippen molar-refractivity contribution >= 4 is 29.1 Å². The second-order valence-corrected chi connectivity index (χ2v) is 4.32. The molecule has 1 heterocycles. The molecule has 0 spiro atoms. The van der Waals surface area contributed by atoms with Gasteiger partial charge in [-0.15, -0.1) is 0 Å². The summed E-state index contributed by atoms with van der Waals surface area (Å²) in [5, 5.41) is 3.74. The minimum atomic E-state index is 0.503. The van der Waals surface area contributed by atoms with Crippen LogP contribution in [-0.4, -0.2) is 15.3 Å². The first-order valence-electron chi connectivity index (χ1n) is 4.58. The van der Waals surface area contributed by atoms with Gasteiger partial charge in [-0.3, -0.25) is 0 Å². The van der Waals surface area contributed by atoms with Crippen molar-refractivity contribution in [3.05, 3.63) is 5.15 Å². The highest BCUT2D eigenvalue weighted by atomic mass is 35.5. The lowest BCUT2D eigenvalue weighted by atomic mass is 10.1. The molecule has 1 fully saturated rings. The van der Waals surface area contributed by atoms with Crippen molar-refractivity contribution in [2.75, 3.05) is 11.9 Å². The molecule has 1 aliphatic carbocycles. The van der Waals surface area contributed by atoms with E-state index in [0.29, 0.717) is 5.15 Å². The van der Waals surface area contributed by atoms with Crippen LogP contribution in [0.4, 0.5) is 5.82 Å². The standard InChI is InChI=1S/C8H12ClN3S/c9-7-8(12-13-11-7)10-5-6-3-1-2-4-6/h6H,1-5H2,(H,10,12). The first-order chi connectivity index (χ1) is 6.36. The maximum Gasteiger partial charge on any atom is 0.186 e. The van der Waals surface area contributed by atoms with Gasteiger partial charge >= 0.3 is 0 Å². The fourth-order valence-electron chi connectivity index (χ4n) is 1.74. The van der Waals surface area contributed by atoms with Crippen LogP contribution < -0.4 is 5.32 Å². The van der Waals surface area contributed by atoms with E-state index >= 15 is 0 Å². The molecule has 1 aliphatic rings. The SMILES string of the molecule is Clc1nsnc1NCC1CCCC1. The van der Waals surface area contributed by atoms with Crippen molar-refractivity contribution in [2.45, 2.75) is 25.7 Å². The summed E-state index contributed by atoms with van der Waals surface area (Å²) in [6.45, 7) is 0.991. The topological polar surface area (TPSA) is 37.8 Å². The van der Waals surface area contributed by atoms with Gasteiger partial charge < -0.3 is 5.32 Å². The van der Waals surface area contributed by atoms with E-state index in [2.05, 4.69) is 14.1 Å². The highest BCUT2D eigenvalue weighted by Gasteiger charge is 2.15. The molecule has 72 valence electrons. The summed E-state index contributed by atoms with van der Waals surface area (Å²) in [4.78, 5) is 0. The molecule has 5 heteroatoms. The van der Waals surface area contributed by atoms with E-state index in [0.717, 1.165) is 30.0 Å². The van der Waals surface area contributed by atoms with E-state index in [-0.39, 0.29) is 0 Å². The highest BCUT2D eigenvalue weighted by Crippen LogP contribution is 2.26. The second kappa shape index (κ2) is 4.24.